The first-order valence-corrected chi connectivity index (χ1v) is 9.54. The van der Waals surface area contributed by atoms with Crippen molar-refractivity contribution in [3.05, 3.63) is 71.9 Å². The number of nitrogens with one attached hydrogen (secondary N) is 1. The lowest BCUT2D eigenvalue weighted by atomic mass is 9.82. The minimum atomic E-state index is -0.0443. The Hall–Kier alpha value is -2.92. The maximum Gasteiger partial charge on any atom is 0.223 e. The molecule has 0 saturated carbocycles. The van der Waals surface area contributed by atoms with E-state index in [4.69, 9.17) is 5.73 Å². The van der Waals surface area contributed by atoms with Gasteiger partial charge >= 0.3 is 0 Å². The third kappa shape index (κ3) is 5.08. The van der Waals surface area contributed by atoms with Crippen molar-refractivity contribution in [3.8, 4) is 17.0 Å². The number of hydrogen-bond donors (Lipinski definition) is 3. The van der Waals surface area contributed by atoms with Gasteiger partial charge in [0, 0.05) is 24.3 Å². The molecular formula is C23H28N4O. The van der Waals surface area contributed by atoms with Crippen LogP contribution >= 0.6 is 0 Å². The van der Waals surface area contributed by atoms with Crippen LogP contribution in [0.25, 0.3) is 11.3 Å². The fourth-order valence-corrected chi connectivity index (χ4v) is 2.98. The van der Waals surface area contributed by atoms with Crippen molar-refractivity contribution >= 4 is 5.95 Å². The van der Waals surface area contributed by atoms with Crippen molar-refractivity contribution in [1.29, 1.82) is 0 Å². The number of phenols is 1. The van der Waals surface area contributed by atoms with E-state index in [0.29, 0.717) is 12.5 Å². The largest absolute Gasteiger partial charge is 0.508 e. The number of rotatable bonds is 6. The molecule has 0 fully saturated rings. The number of benzene rings is 2. The van der Waals surface area contributed by atoms with E-state index in [2.05, 4.69) is 48.2 Å². The summed E-state index contributed by atoms with van der Waals surface area (Å²) in [6, 6.07) is 17.3. The first-order chi connectivity index (χ1) is 13.3. The zero-order valence-corrected chi connectivity index (χ0v) is 16.7. The van der Waals surface area contributed by atoms with Crippen molar-refractivity contribution in [3.63, 3.8) is 0 Å². The van der Waals surface area contributed by atoms with Gasteiger partial charge in [-0.2, -0.15) is 0 Å². The summed E-state index contributed by atoms with van der Waals surface area (Å²) in [5.41, 5.74) is 10.6. The molecule has 28 heavy (non-hydrogen) atoms. The fraction of sp³-hybridized carbons (Fsp3) is 0.304. The average molecular weight is 377 g/mol. The molecule has 0 saturated heterocycles. The maximum absolute atomic E-state index is 9.35. The monoisotopic (exact) mass is 376 g/mol. The molecule has 3 aromatic rings. The first kappa shape index (κ1) is 19.8. The van der Waals surface area contributed by atoms with Crippen LogP contribution in [0.3, 0.4) is 0 Å². The number of nitrogens with zero attached hydrogens (tertiary/aromatic N) is 2. The Bertz CT molecular complexity index is 916. The minimum Gasteiger partial charge on any atom is -0.508 e. The highest BCUT2D eigenvalue weighted by Gasteiger charge is 2.22. The predicted molar refractivity (Wildman–Crippen MR) is 114 cm³/mol. The molecule has 5 nitrogen and oxygen atoms in total. The molecule has 4 N–H and O–H groups in total. The van der Waals surface area contributed by atoms with Gasteiger partial charge in [-0.15, -0.1) is 0 Å². The molecule has 0 aliphatic carbocycles. The molecule has 0 spiro atoms. The second-order valence-electron chi connectivity index (χ2n) is 8.08. The molecule has 0 aliphatic rings. The van der Waals surface area contributed by atoms with Crippen LogP contribution in [0.1, 0.15) is 37.9 Å². The number of phenolic OH excluding ortho intramolecular Hbond substituents is 1. The van der Waals surface area contributed by atoms with E-state index in [0.717, 1.165) is 28.8 Å². The Labute approximate surface area is 166 Å². The van der Waals surface area contributed by atoms with Crippen LogP contribution < -0.4 is 11.1 Å². The Morgan fingerprint density at radius 2 is 1.82 bits per heavy atom. The molecule has 1 heterocycles. The van der Waals surface area contributed by atoms with E-state index < -0.39 is 0 Å². The highest BCUT2D eigenvalue weighted by molar-refractivity contribution is 5.61. The molecule has 2 aromatic carbocycles. The second kappa shape index (κ2) is 8.40. The molecule has 1 atom stereocenters. The van der Waals surface area contributed by atoms with Crippen LogP contribution in [-0.4, -0.2) is 21.6 Å². The van der Waals surface area contributed by atoms with E-state index in [1.54, 1.807) is 18.3 Å². The van der Waals surface area contributed by atoms with Crippen molar-refractivity contribution < 1.29 is 5.11 Å². The zero-order chi connectivity index (χ0) is 20.1. The summed E-state index contributed by atoms with van der Waals surface area (Å²) in [7, 11) is 0. The van der Waals surface area contributed by atoms with E-state index in [1.165, 1.54) is 0 Å². The molecule has 3 rings (SSSR count). The number of aromatic nitrogens is 2. The van der Waals surface area contributed by atoms with Gasteiger partial charge in [0.05, 0.1) is 5.69 Å². The highest BCUT2D eigenvalue weighted by Crippen LogP contribution is 2.32. The summed E-state index contributed by atoms with van der Waals surface area (Å²) >= 11 is 0. The van der Waals surface area contributed by atoms with Gasteiger partial charge in [-0.05, 0) is 47.2 Å². The summed E-state index contributed by atoms with van der Waals surface area (Å²) in [5, 5.41) is 12.6. The summed E-state index contributed by atoms with van der Waals surface area (Å²) in [6.07, 6.45) is 2.59. The molecule has 146 valence electrons. The Balaban J connectivity index is 1.70. The summed E-state index contributed by atoms with van der Waals surface area (Å²) < 4.78 is 0. The Morgan fingerprint density at radius 1 is 1.07 bits per heavy atom. The van der Waals surface area contributed by atoms with Gasteiger partial charge in [0.2, 0.25) is 5.95 Å². The quantitative estimate of drug-likeness (QED) is 0.588. The fourth-order valence-electron chi connectivity index (χ4n) is 2.98. The van der Waals surface area contributed by atoms with Crippen LogP contribution in [-0.2, 0) is 6.42 Å². The van der Waals surface area contributed by atoms with Gasteiger partial charge in [0.25, 0.3) is 0 Å². The average Bonchev–Trinajstić information content (AvgIpc) is 2.68. The van der Waals surface area contributed by atoms with Crippen LogP contribution in [0.5, 0.6) is 5.75 Å². The standard InChI is InChI=1S/C23H28N4O/c1-23(2,3)21(24)18-6-4-5-17(15-18)20-12-14-26-22(27-20)25-13-11-16-7-9-19(28)10-8-16/h4-10,12,14-15,21,28H,11,13,24H2,1-3H3,(H,25,26,27). The Kier molecular flexibility index (Phi) is 5.95. The predicted octanol–water partition coefficient (Wildman–Crippen LogP) is 4.55. The molecule has 0 bridgehead atoms. The van der Waals surface area contributed by atoms with Gasteiger partial charge in [0.15, 0.2) is 0 Å². The van der Waals surface area contributed by atoms with Crippen molar-refractivity contribution in [1.82, 2.24) is 9.97 Å². The van der Waals surface area contributed by atoms with Crippen molar-refractivity contribution in [2.45, 2.75) is 33.2 Å². The van der Waals surface area contributed by atoms with Crippen LogP contribution in [0, 0.1) is 5.41 Å². The zero-order valence-electron chi connectivity index (χ0n) is 16.7. The highest BCUT2D eigenvalue weighted by atomic mass is 16.3. The van der Waals surface area contributed by atoms with Crippen LogP contribution in [0.15, 0.2) is 60.8 Å². The Morgan fingerprint density at radius 3 is 2.54 bits per heavy atom. The normalized spacial score (nSPS) is 12.6. The molecular weight excluding hydrogens is 348 g/mol. The lowest BCUT2D eigenvalue weighted by Crippen LogP contribution is -2.26. The van der Waals surface area contributed by atoms with E-state index in [-0.39, 0.29) is 17.2 Å². The number of hydrogen-bond acceptors (Lipinski definition) is 5. The van der Waals surface area contributed by atoms with E-state index in [9.17, 15) is 5.11 Å². The third-order valence-corrected chi connectivity index (χ3v) is 4.76. The molecule has 0 radical (unpaired) electrons. The number of anilines is 1. The van der Waals surface area contributed by atoms with Gasteiger partial charge < -0.3 is 16.2 Å². The van der Waals surface area contributed by atoms with Crippen LogP contribution in [0.4, 0.5) is 5.95 Å². The van der Waals surface area contributed by atoms with E-state index in [1.807, 2.05) is 30.3 Å². The van der Waals surface area contributed by atoms with Gasteiger partial charge in [-0.1, -0.05) is 51.1 Å². The van der Waals surface area contributed by atoms with Crippen molar-refractivity contribution in [2.24, 2.45) is 11.1 Å². The topological polar surface area (TPSA) is 84.1 Å². The summed E-state index contributed by atoms with van der Waals surface area (Å²) in [6.45, 7) is 7.14. The molecule has 0 aliphatic heterocycles. The summed E-state index contributed by atoms with van der Waals surface area (Å²) in [5.74, 6) is 0.878. The van der Waals surface area contributed by atoms with Gasteiger partial charge in [0.1, 0.15) is 5.75 Å². The lowest BCUT2D eigenvalue weighted by Gasteiger charge is -2.27. The molecule has 5 heteroatoms. The number of nitrogens with two attached hydrogens (primary N) is 1. The first-order valence-electron chi connectivity index (χ1n) is 9.54. The molecule has 1 aromatic heterocycles. The minimum absolute atomic E-state index is 0.00869. The molecule has 1 unspecified atom stereocenters. The number of aromatic hydroxyl groups is 1. The van der Waals surface area contributed by atoms with E-state index >= 15 is 0 Å². The molecule has 0 amide bonds. The smallest absolute Gasteiger partial charge is 0.223 e. The summed E-state index contributed by atoms with van der Waals surface area (Å²) in [4.78, 5) is 8.97. The van der Waals surface area contributed by atoms with Gasteiger partial charge in [-0.25, -0.2) is 9.97 Å². The van der Waals surface area contributed by atoms with Gasteiger partial charge in [-0.3, -0.25) is 0 Å². The van der Waals surface area contributed by atoms with Crippen molar-refractivity contribution in [2.75, 3.05) is 11.9 Å². The second-order valence-corrected chi connectivity index (χ2v) is 8.08. The maximum atomic E-state index is 9.35. The third-order valence-electron chi connectivity index (χ3n) is 4.76. The van der Waals surface area contributed by atoms with Crippen LogP contribution in [0.2, 0.25) is 0 Å². The SMILES string of the molecule is CC(C)(C)C(N)c1cccc(-c2ccnc(NCCc3ccc(O)cc3)n2)c1. The lowest BCUT2D eigenvalue weighted by molar-refractivity contribution is 0.327.